The molecule has 1 N–H and O–H groups in total. The SMILES string of the molecule is CCNC(=NCc1cc(C#N)ccc1F)N1CCN(S(=O)(=O)CCOC(C)C)CC1.I. The highest BCUT2D eigenvalue weighted by molar-refractivity contribution is 14.0. The van der Waals surface area contributed by atoms with Crippen molar-refractivity contribution in [1.82, 2.24) is 14.5 Å². The second-order valence-electron chi connectivity index (χ2n) is 7.21. The molecular formula is C20H31FIN5O3S. The highest BCUT2D eigenvalue weighted by Gasteiger charge is 2.28. The zero-order valence-corrected chi connectivity index (χ0v) is 21.3. The van der Waals surface area contributed by atoms with E-state index in [0.717, 1.165) is 0 Å². The Hall–Kier alpha value is -1.49. The zero-order valence-electron chi connectivity index (χ0n) is 18.2. The molecule has 0 atom stereocenters. The standard InChI is InChI=1S/C20H30FN5O3S.HI/c1-4-23-20(24-15-18-13-17(14-22)5-6-19(18)21)25-7-9-26(10-8-25)30(27,28)12-11-29-16(2)3;/h5-6,13,16H,4,7-12,15H2,1-3H3,(H,23,24);1H. The van der Waals surface area contributed by atoms with Gasteiger partial charge >= 0.3 is 0 Å². The van der Waals surface area contributed by atoms with E-state index in [1.54, 1.807) is 0 Å². The van der Waals surface area contributed by atoms with Crippen LogP contribution in [0.4, 0.5) is 4.39 Å². The third-order valence-corrected chi connectivity index (χ3v) is 6.47. The van der Waals surface area contributed by atoms with E-state index in [0.29, 0.717) is 49.8 Å². The number of hydrogen-bond acceptors (Lipinski definition) is 5. The van der Waals surface area contributed by atoms with Gasteiger partial charge in [-0.3, -0.25) is 0 Å². The lowest BCUT2D eigenvalue weighted by Crippen LogP contribution is -2.54. The number of piperazine rings is 1. The van der Waals surface area contributed by atoms with Gasteiger partial charge in [0.1, 0.15) is 5.82 Å². The maximum absolute atomic E-state index is 14.0. The first-order chi connectivity index (χ1) is 14.3. The van der Waals surface area contributed by atoms with E-state index in [9.17, 15) is 12.8 Å². The molecule has 31 heavy (non-hydrogen) atoms. The number of guanidine groups is 1. The molecule has 1 aliphatic heterocycles. The number of sulfonamides is 1. The van der Waals surface area contributed by atoms with Gasteiger partial charge in [-0.25, -0.2) is 17.8 Å². The van der Waals surface area contributed by atoms with Crippen molar-refractivity contribution in [1.29, 1.82) is 5.26 Å². The predicted molar refractivity (Wildman–Crippen MR) is 129 cm³/mol. The summed E-state index contributed by atoms with van der Waals surface area (Å²) >= 11 is 0. The largest absolute Gasteiger partial charge is 0.378 e. The Kier molecular flexibility index (Phi) is 11.7. The molecule has 1 aliphatic rings. The highest BCUT2D eigenvalue weighted by Crippen LogP contribution is 2.13. The number of nitrogens with zero attached hydrogens (tertiary/aromatic N) is 4. The van der Waals surface area contributed by atoms with Crippen LogP contribution in [-0.2, 0) is 21.3 Å². The van der Waals surface area contributed by atoms with Crippen LogP contribution in [0.2, 0.25) is 0 Å². The first-order valence-electron chi connectivity index (χ1n) is 10.1. The lowest BCUT2D eigenvalue weighted by atomic mass is 10.1. The van der Waals surface area contributed by atoms with Crippen LogP contribution < -0.4 is 5.32 Å². The van der Waals surface area contributed by atoms with Gasteiger partial charge in [0.15, 0.2) is 5.96 Å². The zero-order chi connectivity index (χ0) is 22.1. The molecule has 0 amide bonds. The van der Waals surface area contributed by atoms with Gasteiger partial charge in [0.05, 0.1) is 36.6 Å². The molecular weight excluding hydrogens is 536 g/mol. The Bertz CT molecular complexity index is 881. The summed E-state index contributed by atoms with van der Waals surface area (Å²) in [4.78, 5) is 6.46. The van der Waals surface area contributed by atoms with E-state index in [1.807, 2.05) is 31.7 Å². The molecule has 0 aliphatic carbocycles. The predicted octanol–water partition coefficient (Wildman–Crippen LogP) is 2.15. The minimum absolute atomic E-state index is 0. The number of hydrogen-bond donors (Lipinski definition) is 1. The molecule has 0 spiro atoms. The van der Waals surface area contributed by atoms with Crippen LogP contribution >= 0.6 is 24.0 Å². The van der Waals surface area contributed by atoms with Crippen LogP contribution in [-0.4, -0.2) is 74.8 Å². The van der Waals surface area contributed by atoms with E-state index in [1.165, 1.54) is 22.5 Å². The summed E-state index contributed by atoms with van der Waals surface area (Å²) in [5.74, 6) is 0.154. The maximum Gasteiger partial charge on any atom is 0.216 e. The molecule has 0 bridgehead atoms. The first kappa shape index (κ1) is 27.5. The highest BCUT2D eigenvalue weighted by atomic mass is 127. The first-order valence-corrected chi connectivity index (χ1v) is 11.7. The van der Waals surface area contributed by atoms with Gasteiger partial charge < -0.3 is 15.0 Å². The Balaban J connectivity index is 0.00000480. The molecule has 0 radical (unpaired) electrons. The second kappa shape index (κ2) is 13.1. The van der Waals surface area contributed by atoms with Crippen molar-refractivity contribution < 1.29 is 17.5 Å². The molecule has 1 saturated heterocycles. The van der Waals surface area contributed by atoms with Crippen LogP contribution in [0.3, 0.4) is 0 Å². The van der Waals surface area contributed by atoms with Gasteiger partial charge in [-0.1, -0.05) is 0 Å². The van der Waals surface area contributed by atoms with Crippen molar-refractivity contribution in [2.45, 2.75) is 33.4 Å². The number of benzene rings is 1. The average molecular weight is 567 g/mol. The lowest BCUT2D eigenvalue weighted by Gasteiger charge is -2.36. The molecule has 1 aromatic carbocycles. The number of rotatable bonds is 8. The van der Waals surface area contributed by atoms with E-state index in [-0.39, 0.29) is 49.0 Å². The van der Waals surface area contributed by atoms with Crippen molar-refractivity contribution in [3.8, 4) is 6.07 Å². The molecule has 8 nitrogen and oxygen atoms in total. The number of ether oxygens (including phenoxy) is 1. The molecule has 0 saturated carbocycles. The fourth-order valence-corrected chi connectivity index (χ4v) is 4.33. The number of aliphatic imine (C=N–C) groups is 1. The summed E-state index contributed by atoms with van der Waals surface area (Å²) in [6.45, 7) is 8.25. The third kappa shape index (κ3) is 8.51. The summed E-state index contributed by atoms with van der Waals surface area (Å²) in [6.07, 6.45) is -0.00498. The minimum atomic E-state index is -3.37. The fourth-order valence-electron chi connectivity index (χ4n) is 3.05. The minimum Gasteiger partial charge on any atom is -0.378 e. The molecule has 174 valence electrons. The quantitative estimate of drug-likeness (QED) is 0.294. The topological polar surface area (TPSA) is 98.0 Å². The van der Waals surface area contributed by atoms with Gasteiger partial charge in [-0.2, -0.15) is 9.57 Å². The van der Waals surface area contributed by atoms with Gasteiger partial charge in [0.25, 0.3) is 0 Å². The van der Waals surface area contributed by atoms with Gasteiger partial charge in [-0.15, -0.1) is 24.0 Å². The van der Waals surface area contributed by atoms with Crippen molar-refractivity contribution in [2.24, 2.45) is 4.99 Å². The van der Waals surface area contributed by atoms with E-state index < -0.39 is 15.8 Å². The van der Waals surface area contributed by atoms with Crippen LogP contribution in [0.15, 0.2) is 23.2 Å². The monoisotopic (exact) mass is 567 g/mol. The molecule has 0 unspecified atom stereocenters. The normalized spacial score (nSPS) is 15.5. The Labute approximate surface area is 201 Å². The van der Waals surface area contributed by atoms with Crippen molar-refractivity contribution in [3.05, 3.63) is 35.1 Å². The van der Waals surface area contributed by atoms with Crippen LogP contribution in [0.5, 0.6) is 0 Å². The summed E-state index contributed by atoms with van der Waals surface area (Å²) in [7, 11) is -3.37. The summed E-state index contributed by atoms with van der Waals surface area (Å²) in [5.41, 5.74) is 0.725. The average Bonchev–Trinajstić information content (AvgIpc) is 2.72. The van der Waals surface area contributed by atoms with E-state index >= 15 is 0 Å². The molecule has 1 fully saturated rings. The van der Waals surface area contributed by atoms with Crippen LogP contribution in [0.25, 0.3) is 0 Å². The molecule has 0 aromatic heterocycles. The smallest absolute Gasteiger partial charge is 0.216 e. The van der Waals surface area contributed by atoms with Crippen LogP contribution in [0, 0.1) is 17.1 Å². The third-order valence-electron chi connectivity index (χ3n) is 4.63. The van der Waals surface area contributed by atoms with Gasteiger partial charge in [0, 0.05) is 38.3 Å². The Morgan fingerprint density at radius 1 is 1.32 bits per heavy atom. The molecule has 11 heteroatoms. The lowest BCUT2D eigenvalue weighted by molar-refractivity contribution is 0.0904. The summed E-state index contributed by atoms with van der Waals surface area (Å²) in [6, 6.07) is 6.19. The summed E-state index contributed by atoms with van der Waals surface area (Å²) < 4.78 is 45.8. The second-order valence-corrected chi connectivity index (χ2v) is 9.30. The fraction of sp³-hybridized carbons (Fsp3) is 0.600. The van der Waals surface area contributed by atoms with E-state index in [4.69, 9.17) is 10.00 Å². The summed E-state index contributed by atoms with van der Waals surface area (Å²) in [5, 5.41) is 12.2. The number of nitrogens with one attached hydrogen (secondary N) is 1. The van der Waals surface area contributed by atoms with Crippen LogP contribution in [0.1, 0.15) is 31.9 Å². The van der Waals surface area contributed by atoms with Crippen molar-refractivity contribution in [3.63, 3.8) is 0 Å². The van der Waals surface area contributed by atoms with Crippen molar-refractivity contribution in [2.75, 3.05) is 45.1 Å². The molecule has 1 heterocycles. The van der Waals surface area contributed by atoms with E-state index in [2.05, 4.69) is 10.3 Å². The van der Waals surface area contributed by atoms with Gasteiger partial charge in [-0.05, 0) is 39.0 Å². The molecule has 2 rings (SSSR count). The molecule has 1 aromatic rings. The number of halogens is 2. The van der Waals surface area contributed by atoms with Crippen molar-refractivity contribution >= 4 is 40.0 Å². The van der Waals surface area contributed by atoms with Gasteiger partial charge in [0.2, 0.25) is 10.0 Å². The number of nitriles is 1. The maximum atomic E-state index is 14.0. The Morgan fingerprint density at radius 3 is 2.58 bits per heavy atom. The Morgan fingerprint density at radius 2 is 2.00 bits per heavy atom.